The van der Waals surface area contributed by atoms with E-state index >= 15 is 0 Å². The van der Waals surface area contributed by atoms with E-state index in [1.807, 2.05) is 6.07 Å². The Hall–Kier alpha value is -2.55. The van der Waals surface area contributed by atoms with Crippen LogP contribution in [0.1, 0.15) is 5.56 Å². The number of hydrogen-bond acceptors (Lipinski definition) is 3. The van der Waals surface area contributed by atoms with E-state index in [-0.39, 0.29) is 5.69 Å². The van der Waals surface area contributed by atoms with Crippen LogP contribution >= 0.6 is 0 Å². The van der Waals surface area contributed by atoms with Crippen LogP contribution in [-0.2, 0) is 0 Å². The molecule has 90 valence electrons. The van der Waals surface area contributed by atoms with Gasteiger partial charge in [-0.1, -0.05) is 0 Å². The summed E-state index contributed by atoms with van der Waals surface area (Å²) >= 11 is 0. The van der Waals surface area contributed by atoms with Crippen molar-refractivity contribution in [2.24, 2.45) is 0 Å². The minimum atomic E-state index is -1.52. The molecule has 3 nitrogen and oxygen atoms in total. The maximum absolute atomic E-state index is 12.9. The first kappa shape index (κ1) is 11.9. The smallest absolute Gasteiger partial charge is 0.194 e. The van der Waals surface area contributed by atoms with E-state index in [9.17, 15) is 13.2 Å². The van der Waals surface area contributed by atoms with E-state index < -0.39 is 17.5 Å². The summed E-state index contributed by atoms with van der Waals surface area (Å²) in [5.41, 5.74) is 0.389. The second kappa shape index (κ2) is 4.75. The van der Waals surface area contributed by atoms with E-state index in [0.717, 1.165) is 12.1 Å². The minimum Gasteiger partial charge on any atom is -0.340 e. The number of nitriles is 1. The van der Waals surface area contributed by atoms with Gasteiger partial charge >= 0.3 is 0 Å². The Balaban J connectivity index is 2.26. The second-order valence-electron chi connectivity index (χ2n) is 3.42. The summed E-state index contributed by atoms with van der Waals surface area (Å²) in [4.78, 5) is 3.85. The molecular formula is C12H6F3N3. The van der Waals surface area contributed by atoms with Gasteiger partial charge in [0, 0.05) is 24.0 Å². The SMILES string of the molecule is N#Cc1ccc(Nc2cc(F)c(F)c(F)c2)nc1. The Kier molecular flexibility index (Phi) is 3.15. The summed E-state index contributed by atoms with van der Waals surface area (Å²) in [6.07, 6.45) is 1.30. The van der Waals surface area contributed by atoms with Crippen molar-refractivity contribution in [3.63, 3.8) is 0 Å². The molecule has 0 amide bonds. The van der Waals surface area contributed by atoms with Gasteiger partial charge in [0.05, 0.1) is 5.56 Å². The van der Waals surface area contributed by atoms with E-state index in [2.05, 4.69) is 10.3 Å². The van der Waals surface area contributed by atoms with Gasteiger partial charge in [0.2, 0.25) is 0 Å². The molecular weight excluding hydrogens is 243 g/mol. The number of anilines is 2. The predicted molar refractivity (Wildman–Crippen MR) is 58.6 cm³/mol. The lowest BCUT2D eigenvalue weighted by Gasteiger charge is -2.06. The normalized spacial score (nSPS) is 9.89. The van der Waals surface area contributed by atoms with Gasteiger partial charge in [0.15, 0.2) is 17.5 Å². The summed E-state index contributed by atoms with van der Waals surface area (Å²) in [7, 11) is 0. The number of nitrogens with one attached hydrogen (secondary N) is 1. The lowest BCUT2D eigenvalue weighted by Crippen LogP contribution is -1.97. The average molecular weight is 249 g/mol. The Bertz CT molecular complexity index is 594. The van der Waals surface area contributed by atoms with Gasteiger partial charge in [-0.25, -0.2) is 18.2 Å². The van der Waals surface area contributed by atoms with Crippen LogP contribution in [-0.4, -0.2) is 4.98 Å². The zero-order valence-corrected chi connectivity index (χ0v) is 8.92. The second-order valence-corrected chi connectivity index (χ2v) is 3.42. The number of hydrogen-bond donors (Lipinski definition) is 1. The highest BCUT2D eigenvalue weighted by Crippen LogP contribution is 2.20. The molecule has 1 aromatic carbocycles. The Morgan fingerprint density at radius 3 is 2.28 bits per heavy atom. The number of halogens is 3. The molecule has 0 aliphatic heterocycles. The predicted octanol–water partition coefficient (Wildman–Crippen LogP) is 3.11. The molecule has 0 aliphatic carbocycles. The van der Waals surface area contributed by atoms with Crippen molar-refractivity contribution in [3.8, 4) is 6.07 Å². The summed E-state index contributed by atoms with van der Waals surface area (Å²) < 4.78 is 38.6. The van der Waals surface area contributed by atoms with Crippen LogP contribution in [0.15, 0.2) is 30.5 Å². The largest absolute Gasteiger partial charge is 0.340 e. The number of nitrogens with zero attached hydrogens (tertiary/aromatic N) is 2. The fraction of sp³-hybridized carbons (Fsp3) is 0. The molecule has 0 aliphatic rings. The molecule has 1 heterocycles. The molecule has 0 bridgehead atoms. The molecule has 0 saturated heterocycles. The highest BCUT2D eigenvalue weighted by Gasteiger charge is 2.10. The van der Waals surface area contributed by atoms with Crippen LogP contribution in [0.5, 0.6) is 0 Å². The molecule has 0 radical (unpaired) electrons. The van der Waals surface area contributed by atoms with Crippen molar-refractivity contribution >= 4 is 11.5 Å². The zero-order chi connectivity index (χ0) is 13.1. The molecule has 2 rings (SSSR count). The quantitative estimate of drug-likeness (QED) is 0.832. The van der Waals surface area contributed by atoms with Gasteiger partial charge in [-0.15, -0.1) is 0 Å². The zero-order valence-electron chi connectivity index (χ0n) is 8.92. The van der Waals surface area contributed by atoms with Gasteiger partial charge in [0.25, 0.3) is 0 Å². The molecule has 1 aromatic heterocycles. The standard InChI is InChI=1S/C12H6F3N3/c13-9-3-8(4-10(14)12(9)15)18-11-2-1-7(5-16)6-17-11/h1-4,6H,(H,17,18). The van der Waals surface area contributed by atoms with Crippen molar-refractivity contribution in [1.29, 1.82) is 5.26 Å². The number of rotatable bonds is 2. The van der Waals surface area contributed by atoms with Crippen molar-refractivity contribution in [3.05, 3.63) is 53.5 Å². The highest BCUT2D eigenvalue weighted by molar-refractivity contribution is 5.56. The Labute approximate surface area is 101 Å². The molecule has 18 heavy (non-hydrogen) atoms. The van der Waals surface area contributed by atoms with E-state index in [4.69, 9.17) is 5.26 Å². The van der Waals surface area contributed by atoms with Crippen LogP contribution in [0, 0.1) is 28.8 Å². The monoisotopic (exact) mass is 249 g/mol. The van der Waals surface area contributed by atoms with E-state index in [1.165, 1.54) is 18.3 Å². The molecule has 0 unspecified atom stereocenters. The van der Waals surface area contributed by atoms with Crippen LogP contribution in [0.2, 0.25) is 0 Å². The van der Waals surface area contributed by atoms with Crippen molar-refractivity contribution in [1.82, 2.24) is 4.98 Å². The first-order valence-corrected chi connectivity index (χ1v) is 4.88. The fourth-order valence-electron chi connectivity index (χ4n) is 1.31. The third-order valence-electron chi connectivity index (χ3n) is 2.15. The van der Waals surface area contributed by atoms with Crippen molar-refractivity contribution in [2.45, 2.75) is 0 Å². The van der Waals surface area contributed by atoms with Crippen LogP contribution < -0.4 is 5.32 Å². The average Bonchev–Trinajstić information content (AvgIpc) is 2.37. The number of pyridine rings is 1. The Morgan fingerprint density at radius 1 is 1.11 bits per heavy atom. The third-order valence-corrected chi connectivity index (χ3v) is 2.15. The molecule has 0 fully saturated rings. The lowest BCUT2D eigenvalue weighted by atomic mass is 10.2. The fourth-order valence-corrected chi connectivity index (χ4v) is 1.31. The molecule has 0 spiro atoms. The lowest BCUT2D eigenvalue weighted by molar-refractivity contribution is 0.448. The van der Waals surface area contributed by atoms with Crippen molar-refractivity contribution < 1.29 is 13.2 Å². The van der Waals surface area contributed by atoms with Gasteiger partial charge < -0.3 is 5.32 Å². The minimum absolute atomic E-state index is 0.0311. The maximum Gasteiger partial charge on any atom is 0.194 e. The van der Waals surface area contributed by atoms with Crippen LogP contribution in [0.25, 0.3) is 0 Å². The van der Waals surface area contributed by atoms with Crippen LogP contribution in [0.4, 0.5) is 24.7 Å². The van der Waals surface area contributed by atoms with Gasteiger partial charge in [-0.2, -0.15) is 5.26 Å². The van der Waals surface area contributed by atoms with Crippen molar-refractivity contribution in [2.75, 3.05) is 5.32 Å². The van der Waals surface area contributed by atoms with E-state index in [1.54, 1.807) is 0 Å². The van der Waals surface area contributed by atoms with Crippen LogP contribution in [0.3, 0.4) is 0 Å². The maximum atomic E-state index is 12.9. The summed E-state index contributed by atoms with van der Waals surface area (Å²) in [5, 5.41) is 11.2. The number of benzene rings is 1. The highest BCUT2D eigenvalue weighted by atomic mass is 19.2. The Morgan fingerprint density at radius 2 is 1.78 bits per heavy atom. The molecule has 0 atom stereocenters. The van der Waals surface area contributed by atoms with Gasteiger partial charge in [-0.3, -0.25) is 0 Å². The number of aromatic nitrogens is 1. The molecule has 2 aromatic rings. The summed E-state index contributed by atoms with van der Waals surface area (Å²) in [6, 6.07) is 6.48. The van der Waals surface area contributed by atoms with E-state index in [0.29, 0.717) is 11.4 Å². The summed E-state index contributed by atoms with van der Waals surface area (Å²) in [5.74, 6) is -3.80. The summed E-state index contributed by atoms with van der Waals surface area (Å²) in [6.45, 7) is 0. The van der Waals surface area contributed by atoms with Gasteiger partial charge in [-0.05, 0) is 12.1 Å². The third kappa shape index (κ3) is 2.40. The first-order chi connectivity index (χ1) is 8.60. The van der Waals surface area contributed by atoms with Gasteiger partial charge in [0.1, 0.15) is 11.9 Å². The molecule has 6 heteroatoms. The first-order valence-electron chi connectivity index (χ1n) is 4.88. The topological polar surface area (TPSA) is 48.7 Å². The molecule has 1 N–H and O–H groups in total. The molecule has 0 saturated carbocycles.